The van der Waals surface area contributed by atoms with E-state index in [1.165, 1.54) is 4.57 Å². The molecule has 0 spiro atoms. The van der Waals surface area contributed by atoms with Crippen LogP contribution in [0.15, 0.2) is 89.7 Å². The summed E-state index contributed by atoms with van der Waals surface area (Å²) in [6.07, 6.45) is 0.754. The van der Waals surface area contributed by atoms with Gasteiger partial charge in [0.25, 0.3) is 11.8 Å². The van der Waals surface area contributed by atoms with E-state index < -0.39 is 23.4 Å². The lowest BCUT2D eigenvalue weighted by Crippen LogP contribution is -2.50. The number of hydrogen-bond donors (Lipinski definition) is 2. The summed E-state index contributed by atoms with van der Waals surface area (Å²) in [4.78, 5) is 52.9. The van der Waals surface area contributed by atoms with E-state index in [0.717, 1.165) is 11.9 Å². The van der Waals surface area contributed by atoms with Crippen LogP contribution in [0.1, 0.15) is 24.5 Å². The molecule has 5 rings (SSSR count). The molecule has 4 amide bonds. The Labute approximate surface area is 206 Å². The standard InChI is InChI=1S/C27H25N5O4/c1-2-17-30-21-15-9-10-16-22(21)31(26(30)36)18-23(33)29-32-24(34)27(28-25(32)35,19-11-5-3-6-12-19)20-13-7-4-8-14-20/h3-16H,2,17-18H2,1H3,(H,28,35)(H,29,33). The lowest BCUT2D eigenvalue weighted by molar-refractivity contribution is -0.138. The molecule has 1 aliphatic heterocycles. The molecule has 1 aliphatic rings. The Hall–Kier alpha value is -4.66. The fourth-order valence-electron chi connectivity index (χ4n) is 4.73. The molecule has 1 saturated heterocycles. The molecule has 4 aromatic rings. The van der Waals surface area contributed by atoms with Gasteiger partial charge in [0.1, 0.15) is 6.54 Å². The lowest BCUT2D eigenvalue weighted by atomic mass is 9.83. The number of hydrogen-bond acceptors (Lipinski definition) is 4. The number of carbonyl (C=O) groups is 3. The fraction of sp³-hybridized carbons (Fsp3) is 0.185. The normalized spacial score (nSPS) is 14.8. The smallest absolute Gasteiger partial charge is 0.314 e. The van der Waals surface area contributed by atoms with E-state index in [1.54, 1.807) is 65.2 Å². The maximum Gasteiger partial charge on any atom is 0.344 e. The minimum absolute atomic E-state index is 0.326. The van der Waals surface area contributed by atoms with Gasteiger partial charge in [-0.3, -0.25) is 24.1 Å². The molecule has 2 N–H and O–H groups in total. The first-order chi connectivity index (χ1) is 17.5. The molecule has 1 aromatic heterocycles. The number of fused-ring (bicyclic) bond motifs is 1. The highest BCUT2D eigenvalue weighted by Crippen LogP contribution is 2.35. The van der Waals surface area contributed by atoms with E-state index in [-0.39, 0.29) is 12.2 Å². The van der Waals surface area contributed by atoms with Gasteiger partial charge in [-0.05, 0) is 29.7 Å². The van der Waals surface area contributed by atoms with Crippen molar-refractivity contribution in [3.63, 3.8) is 0 Å². The summed E-state index contributed by atoms with van der Waals surface area (Å²) < 4.78 is 2.96. The number of urea groups is 1. The molecule has 9 heteroatoms. The highest BCUT2D eigenvalue weighted by Gasteiger charge is 2.54. The molecule has 0 saturated carbocycles. The monoisotopic (exact) mass is 483 g/mol. The van der Waals surface area contributed by atoms with E-state index in [2.05, 4.69) is 10.7 Å². The van der Waals surface area contributed by atoms with Crippen LogP contribution in [0.4, 0.5) is 4.79 Å². The molecule has 3 aromatic carbocycles. The van der Waals surface area contributed by atoms with Crippen LogP contribution in [0.5, 0.6) is 0 Å². The van der Waals surface area contributed by atoms with E-state index >= 15 is 0 Å². The van der Waals surface area contributed by atoms with Crippen molar-refractivity contribution in [2.45, 2.75) is 32.0 Å². The number of hydrazine groups is 1. The first-order valence-electron chi connectivity index (χ1n) is 11.7. The third-order valence-corrected chi connectivity index (χ3v) is 6.35. The van der Waals surface area contributed by atoms with E-state index in [9.17, 15) is 19.2 Å². The summed E-state index contributed by atoms with van der Waals surface area (Å²) in [5, 5.41) is 3.47. The Morgan fingerprint density at radius 2 is 1.33 bits per heavy atom. The number of amides is 4. The Morgan fingerprint density at radius 3 is 1.89 bits per heavy atom. The van der Waals surface area contributed by atoms with Crippen LogP contribution in [0, 0.1) is 0 Å². The molecule has 1 fully saturated rings. The molecular weight excluding hydrogens is 458 g/mol. The van der Waals surface area contributed by atoms with Gasteiger partial charge in [0, 0.05) is 6.54 Å². The summed E-state index contributed by atoms with van der Waals surface area (Å²) in [5.41, 5.74) is 3.04. The molecular formula is C27H25N5O4. The summed E-state index contributed by atoms with van der Waals surface area (Å²) in [7, 11) is 0. The van der Waals surface area contributed by atoms with Crippen molar-refractivity contribution < 1.29 is 14.4 Å². The molecule has 0 aliphatic carbocycles. The fourth-order valence-corrected chi connectivity index (χ4v) is 4.73. The second kappa shape index (κ2) is 9.18. The zero-order valence-corrected chi connectivity index (χ0v) is 19.7. The topological polar surface area (TPSA) is 105 Å². The van der Waals surface area contributed by atoms with Gasteiger partial charge in [0.05, 0.1) is 11.0 Å². The van der Waals surface area contributed by atoms with Crippen molar-refractivity contribution in [1.29, 1.82) is 0 Å². The maximum atomic E-state index is 13.8. The Morgan fingerprint density at radius 1 is 0.806 bits per heavy atom. The Bertz CT molecular complexity index is 1470. The van der Waals surface area contributed by atoms with Gasteiger partial charge in [-0.15, -0.1) is 0 Å². The highest BCUT2D eigenvalue weighted by atomic mass is 16.2. The van der Waals surface area contributed by atoms with E-state index in [4.69, 9.17) is 0 Å². The van der Waals surface area contributed by atoms with Crippen molar-refractivity contribution in [2.24, 2.45) is 0 Å². The number of aryl methyl sites for hydroxylation is 1. The number of imide groups is 1. The molecule has 0 bridgehead atoms. The first-order valence-corrected chi connectivity index (χ1v) is 11.7. The Balaban J connectivity index is 1.47. The number of para-hydroxylation sites is 2. The number of nitrogens with zero attached hydrogens (tertiary/aromatic N) is 3. The molecule has 182 valence electrons. The molecule has 9 nitrogen and oxygen atoms in total. The second-order valence-electron chi connectivity index (χ2n) is 8.60. The minimum Gasteiger partial charge on any atom is -0.314 e. The predicted molar refractivity (Wildman–Crippen MR) is 134 cm³/mol. The Kier molecular flexibility index (Phi) is 5.89. The number of rotatable bonds is 7. The molecule has 2 heterocycles. The average molecular weight is 484 g/mol. The van der Waals surface area contributed by atoms with Crippen LogP contribution >= 0.6 is 0 Å². The zero-order chi connectivity index (χ0) is 25.3. The predicted octanol–water partition coefficient (Wildman–Crippen LogP) is 2.74. The number of carbonyl (C=O) groups excluding carboxylic acids is 3. The van der Waals surface area contributed by atoms with Crippen LogP contribution in [-0.4, -0.2) is 32.0 Å². The van der Waals surface area contributed by atoms with Gasteiger partial charge in [-0.25, -0.2) is 9.59 Å². The van der Waals surface area contributed by atoms with Gasteiger partial charge in [-0.1, -0.05) is 79.7 Å². The summed E-state index contributed by atoms with van der Waals surface area (Å²) >= 11 is 0. The molecule has 36 heavy (non-hydrogen) atoms. The summed E-state index contributed by atoms with van der Waals surface area (Å²) in [6.45, 7) is 2.13. The van der Waals surface area contributed by atoms with Crippen LogP contribution in [-0.2, 0) is 28.2 Å². The van der Waals surface area contributed by atoms with Gasteiger partial charge >= 0.3 is 11.7 Å². The van der Waals surface area contributed by atoms with Crippen molar-refractivity contribution in [2.75, 3.05) is 0 Å². The number of nitrogens with one attached hydrogen (secondary N) is 2. The quantitative estimate of drug-likeness (QED) is 0.394. The van der Waals surface area contributed by atoms with Crippen molar-refractivity contribution in [3.8, 4) is 0 Å². The third kappa shape index (κ3) is 3.65. The first kappa shape index (κ1) is 23.1. The van der Waals surface area contributed by atoms with Gasteiger partial charge in [0.2, 0.25) is 0 Å². The van der Waals surface area contributed by atoms with Crippen molar-refractivity contribution in [1.82, 2.24) is 24.9 Å². The zero-order valence-electron chi connectivity index (χ0n) is 19.7. The number of imidazole rings is 1. The maximum absolute atomic E-state index is 13.8. The number of benzene rings is 3. The second-order valence-corrected chi connectivity index (χ2v) is 8.60. The third-order valence-electron chi connectivity index (χ3n) is 6.35. The van der Waals surface area contributed by atoms with Crippen LogP contribution < -0.4 is 16.4 Å². The van der Waals surface area contributed by atoms with E-state index in [0.29, 0.717) is 28.2 Å². The van der Waals surface area contributed by atoms with Crippen molar-refractivity contribution in [3.05, 3.63) is 107 Å². The van der Waals surface area contributed by atoms with Crippen LogP contribution in [0.25, 0.3) is 11.0 Å². The van der Waals surface area contributed by atoms with Gasteiger partial charge in [-0.2, -0.15) is 5.01 Å². The molecule has 0 unspecified atom stereocenters. The SMILES string of the molecule is CCCn1c(=O)n(CC(=O)NN2C(=O)NC(c3ccccc3)(c3ccccc3)C2=O)c2ccccc21. The number of aromatic nitrogens is 2. The minimum atomic E-state index is -1.50. The molecule has 0 atom stereocenters. The lowest BCUT2D eigenvalue weighted by Gasteiger charge is -2.27. The van der Waals surface area contributed by atoms with Crippen molar-refractivity contribution >= 4 is 28.9 Å². The molecule has 0 radical (unpaired) electrons. The summed E-state index contributed by atoms with van der Waals surface area (Å²) in [5.74, 6) is -1.31. The van der Waals surface area contributed by atoms with Gasteiger partial charge in [0.15, 0.2) is 5.54 Å². The largest absolute Gasteiger partial charge is 0.344 e. The summed E-state index contributed by atoms with van der Waals surface area (Å²) in [6, 6.07) is 24.2. The average Bonchev–Trinajstić information content (AvgIpc) is 3.31. The highest BCUT2D eigenvalue weighted by molar-refractivity contribution is 6.10. The van der Waals surface area contributed by atoms with Gasteiger partial charge < -0.3 is 5.32 Å². The van der Waals surface area contributed by atoms with Crippen LogP contribution in [0.3, 0.4) is 0 Å². The van der Waals surface area contributed by atoms with E-state index in [1.807, 2.05) is 31.2 Å². The van der Waals surface area contributed by atoms with Crippen LogP contribution in [0.2, 0.25) is 0 Å².